The molecule has 5 nitrogen and oxygen atoms in total. The predicted octanol–water partition coefficient (Wildman–Crippen LogP) is 2.65. The van der Waals surface area contributed by atoms with Crippen LogP contribution in [0.3, 0.4) is 0 Å². The standard InChI is InChI=1S/C12H10ClN2O3S/c1-7-10(6-14-12(15-7)19(2,17)18)9-5-8(13)3-4-11(9)16/h3-6H,1-2H3. The van der Waals surface area contributed by atoms with E-state index in [1.54, 1.807) is 6.92 Å². The molecule has 0 atom stereocenters. The van der Waals surface area contributed by atoms with Crippen LogP contribution in [0.25, 0.3) is 11.1 Å². The molecule has 0 aliphatic heterocycles. The molecule has 0 aliphatic rings. The number of sulfone groups is 1. The number of hydrogen-bond acceptors (Lipinski definition) is 4. The fraction of sp³-hybridized carbons (Fsp3) is 0.167. The zero-order valence-electron chi connectivity index (χ0n) is 10.2. The molecular formula is C12H10ClN2O3S. The van der Waals surface area contributed by atoms with Gasteiger partial charge >= 0.3 is 0 Å². The van der Waals surface area contributed by atoms with Crippen molar-refractivity contribution in [2.45, 2.75) is 12.1 Å². The third-order valence-electron chi connectivity index (χ3n) is 2.52. The Morgan fingerprint density at radius 1 is 1.21 bits per heavy atom. The minimum Gasteiger partial charge on any atom is -0.289 e. The van der Waals surface area contributed by atoms with Gasteiger partial charge in [-0.15, -0.1) is 0 Å². The summed E-state index contributed by atoms with van der Waals surface area (Å²) >= 11 is 5.85. The van der Waals surface area contributed by atoms with Gasteiger partial charge in [-0.1, -0.05) is 11.6 Å². The van der Waals surface area contributed by atoms with E-state index in [4.69, 9.17) is 11.6 Å². The molecule has 19 heavy (non-hydrogen) atoms. The highest BCUT2D eigenvalue weighted by molar-refractivity contribution is 7.90. The molecule has 7 heteroatoms. The molecule has 0 N–H and O–H groups in total. The van der Waals surface area contributed by atoms with E-state index in [1.807, 2.05) is 0 Å². The van der Waals surface area contributed by atoms with Gasteiger partial charge in [-0.3, -0.25) is 5.11 Å². The van der Waals surface area contributed by atoms with Gasteiger partial charge in [-0.25, -0.2) is 18.4 Å². The van der Waals surface area contributed by atoms with Crippen molar-refractivity contribution in [2.24, 2.45) is 0 Å². The summed E-state index contributed by atoms with van der Waals surface area (Å²) in [4.78, 5) is 7.69. The zero-order chi connectivity index (χ0) is 14.2. The van der Waals surface area contributed by atoms with Crippen LogP contribution in [0.4, 0.5) is 0 Å². The fourth-order valence-electron chi connectivity index (χ4n) is 1.60. The predicted molar refractivity (Wildman–Crippen MR) is 70.5 cm³/mol. The van der Waals surface area contributed by atoms with E-state index in [0.29, 0.717) is 21.8 Å². The van der Waals surface area contributed by atoms with Crippen LogP contribution in [0.15, 0.2) is 29.6 Å². The van der Waals surface area contributed by atoms with Gasteiger partial charge in [-0.2, -0.15) is 0 Å². The first-order valence-electron chi connectivity index (χ1n) is 5.29. The lowest BCUT2D eigenvalue weighted by Crippen LogP contribution is -2.05. The van der Waals surface area contributed by atoms with Gasteiger partial charge in [0.2, 0.25) is 15.0 Å². The monoisotopic (exact) mass is 297 g/mol. The quantitative estimate of drug-likeness (QED) is 0.798. The lowest BCUT2D eigenvalue weighted by atomic mass is 10.1. The average molecular weight is 298 g/mol. The van der Waals surface area contributed by atoms with Crippen molar-refractivity contribution < 1.29 is 13.5 Å². The number of nitrogens with zero attached hydrogens (tertiary/aromatic N) is 2. The van der Waals surface area contributed by atoms with E-state index in [2.05, 4.69) is 9.97 Å². The van der Waals surface area contributed by atoms with Crippen LogP contribution in [0.5, 0.6) is 5.75 Å². The van der Waals surface area contributed by atoms with E-state index < -0.39 is 9.84 Å². The number of benzene rings is 1. The minimum absolute atomic E-state index is 0.219. The van der Waals surface area contributed by atoms with Crippen molar-refractivity contribution >= 4 is 21.4 Å². The molecule has 0 fully saturated rings. The first-order chi connectivity index (χ1) is 8.79. The third kappa shape index (κ3) is 2.85. The maximum atomic E-state index is 11.8. The molecule has 1 heterocycles. The van der Waals surface area contributed by atoms with E-state index in [1.165, 1.54) is 24.4 Å². The molecule has 0 bridgehead atoms. The Labute approximate surface area is 115 Å². The van der Waals surface area contributed by atoms with Crippen LogP contribution in [0, 0.1) is 6.92 Å². The van der Waals surface area contributed by atoms with Gasteiger partial charge in [0.1, 0.15) is 0 Å². The average Bonchev–Trinajstić information content (AvgIpc) is 2.31. The van der Waals surface area contributed by atoms with Crippen LogP contribution in [0.1, 0.15) is 5.69 Å². The smallest absolute Gasteiger partial charge is 0.247 e. The number of hydrogen-bond donors (Lipinski definition) is 0. The molecule has 1 radical (unpaired) electrons. The van der Waals surface area contributed by atoms with Crippen molar-refractivity contribution in [3.63, 3.8) is 0 Å². The van der Waals surface area contributed by atoms with Crippen molar-refractivity contribution in [2.75, 3.05) is 6.26 Å². The van der Waals surface area contributed by atoms with Crippen molar-refractivity contribution in [3.05, 3.63) is 35.1 Å². The second kappa shape index (κ2) is 4.79. The van der Waals surface area contributed by atoms with Gasteiger partial charge < -0.3 is 0 Å². The second-order valence-electron chi connectivity index (χ2n) is 4.06. The van der Waals surface area contributed by atoms with Crippen LogP contribution in [0.2, 0.25) is 5.02 Å². The molecule has 0 spiro atoms. The normalized spacial score (nSPS) is 11.5. The Morgan fingerprint density at radius 3 is 2.47 bits per heavy atom. The third-order valence-corrected chi connectivity index (χ3v) is 3.62. The van der Waals surface area contributed by atoms with Gasteiger partial charge in [0.25, 0.3) is 0 Å². The minimum atomic E-state index is -3.47. The fourth-order valence-corrected chi connectivity index (χ4v) is 2.32. The Kier molecular flexibility index (Phi) is 3.47. The summed E-state index contributed by atoms with van der Waals surface area (Å²) in [7, 11) is -3.47. The number of halogens is 1. The second-order valence-corrected chi connectivity index (χ2v) is 6.41. The van der Waals surface area contributed by atoms with E-state index in [-0.39, 0.29) is 10.9 Å². The first-order valence-corrected chi connectivity index (χ1v) is 7.56. The van der Waals surface area contributed by atoms with Crippen molar-refractivity contribution in [1.82, 2.24) is 9.97 Å². The Morgan fingerprint density at radius 2 is 1.89 bits per heavy atom. The highest BCUT2D eigenvalue weighted by Crippen LogP contribution is 2.33. The number of aromatic nitrogens is 2. The molecule has 1 aromatic carbocycles. The van der Waals surface area contributed by atoms with Gasteiger partial charge in [-0.05, 0) is 25.1 Å². The van der Waals surface area contributed by atoms with Crippen LogP contribution < -0.4 is 0 Å². The molecule has 1 aromatic heterocycles. The summed E-state index contributed by atoms with van der Waals surface area (Å²) in [5.74, 6) is -0.219. The molecule has 2 aromatic rings. The zero-order valence-corrected chi connectivity index (χ0v) is 11.8. The van der Waals surface area contributed by atoms with E-state index in [0.717, 1.165) is 6.26 Å². The van der Waals surface area contributed by atoms with Gasteiger partial charge in [0, 0.05) is 28.6 Å². The van der Waals surface area contributed by atoms with Gasteiger partial charge in [0.05, 0.1) is 5.69 Å². The summed E-state index contributed by atoms with van der Waals surface area (Å²) < 4.78 is 22.7. The maximum Gasteiger partial charge on any atom is 0.247 e. The molecule has 0 saturated heterocycles. The molecule has 2 rings (SSSR count). The molecular weight excluding hydrogens is 288 g/mol. The van der Waals surface area contributed by atoms with Gasteiger partial charge in [0.15, 0.2) is 5.75 Å². The van der Waals surface area contributed by atoms with E-state index in [9.17, 15) is 13.5 Å². The van der Waals surface area contributed by atoms with Crippen LogP contribution in [-0.4, -0.2) is 24.6 Å². The summed E-state index contributed by atoms with van der Waals surface area (Å²) in [6.45, 7) is 1.62. The maximum absolute atomic E-state index is 11.8. The lowest BCUT2D eigenvalue weighted by molar-refractivity contribution is 0.356. The lowest BCUT2D eigenvalue weighted by Gasteiger charge is -2.07. The van der Waals surface area contributed by atoms with E-state index >= 15 is 0 Å². The highest BCUT2D eigenvalue weighted by Gasteiger charge is 2.16. The summed E-state index contributed by atoms with van der Waals surface area (Å²) in [6.07, 6.45) is 2.35. The van der Waals surface area contributed by atoms with Crippen molar-refractivity contribution in [3.8, 4) is 16.9 Å². The van der Waals surface area contributed by atoms with Crippen LogP contribution in [-0.2, 0) is 14.9 Å². The van der Waals surface area contributed by atoms with Crippen LogP contribution >= 0.6 is 11.6 Å². The van der Waals surface area contributed by atoms with Crippen molar-refractivity contribution in [1.29, 1.82) is 0 Å². The Bertz CT molecular complexity index is 745. The first kappa shape index (κ1) is 13.8. The SMILES string of the molecule is Cc1nc(S(C)(=O)=O)ncc1-c1cc(Cl)ccc1[O]. The number of rotatable bonds is 2. The number of aryl methyl sites for hydroxylation is 1. The molecule has 0 saturated carbocycles. The highest BCUT2D eigenvalue weighted by atomic mass is 35.5. The summed E-state index contributed by atoms with van der Waals surface area (Å²) in [5.41, 5.74) is 1.24. The summed E-state index contributed by atoms with van der Waals surface area (Å²) in [5, 5.41) is 11.9. The molecule has 99 valence electrons. The molecule has 0 amide bonds. The Hall–Kier alpha value is -1.66. The topological polar surface area (TPSA) is 79.8 Å². The summed E-state index contributed by atoms with van der Waals surface area (Å²) in [6, 6.07) is 4.35. The molecule has 0 unspecified atom stereocenters. The largest absolute Gasteiger partial charge is 0.289 e. The Balaban J connectivity index is 2.62. The molecule has 0 aliphatic carbocycles.